The number of nitrogens with two attached hydrogens (primary N) is 1. The lowest BCUT2D eigenvalue weighted by Gasteiger charge is -2.37. The van der Waals surface area contributed by atoms with Crippen molar-refractivity contribution < 1.29 is 19.7 Å². The number of nitrogens with zero attached hydrogens (tertiary/aromatic N) is 6. The Morgan fingerprint density at radius 1 is 1.15 bits per heavy atom. The maximum atomic E-state index is 11.8. The van der Waals surface area contributed by atoms with Crippen LogP contribution in [0.4, 0.5) is 11.8 Å². The SMILES string of the molecule is Nc1ncc(-c2nc(N3CCOCC3)c3sc(C4(O)CCN(C(=O)CO)CC4)cc3n2)cn1. The Labute approximate surface area is 193 Å². The average molecular weight is 472 g/mol. The summed E-state index contributed by atoms with van der Waals surface area (Å²) in [6.45, 7) is 2.90. The fourth-order valence-electron chi connectivity index (χ4n) is 4.19. The van der Waals surface area contributed by atoms with Gasteiger partial charge in [-0.1, -0.05) is 0 Å². The van der Waals surface area contributed by atoms with Gasteiger partial charge in [-0.3, -0.25) is 4.79 Å². The molecule has 0 radical (unpaired) electrons. The lowest BCUT2D eigenvalue weighted by Crippen LogP contribution is -2.45. The van der Waals surface area contributed by atoms with Crippen molar-refractivity contribution in [3.8, 4) is 11.4 Å². The number of hydrogen-bond donors (Lipinski definition) is 3. The third-order valence-electron chi connectivity index (χ3n) is 6.13. The minimum atomic E-state index is -1.07. The summed E-state index contributed by atoms with van der Waals surface area (Å²) in [6.07, 6.45) is 3.98. The Hall–Kier alpha value is -2.93. The molecule has 4 N–H and O–H groups in total. The summed E-state index contributed by atoms with van der Waals surface area (Å²) >= 11 is 1.48. The summed E-state index contributed by atoms with van der Waals surface area (Å²) in [5.74, 6) is 1.15. The highest BCUT2D eigenvalue weighted by Gasteiger charge is 2.37. The fourth-order valence-corrected chi connectivity index (χ4v) is 5.45. The summed E-state index contributed by atoms with van der Waals surface area (Å²) < 4.78 is 6.41. The van der Waals surface area contributed by atoms with Crippen LogP contribution in [0.3, 0.4) is 0 Å². The second-order valence-corrected chi connectivity index (χ2v) is 9.25. The molecule has 12 heteroatoms. The number of hydrogen-bond acceptors (Lipinski definition) is 11. The number of carbonyl (C=O) groups excluding carboxylic acids is 1. The molecule has 3 aromatic rings. The third kappa shape index (κ3) is 4.22. The van der Waals surface area contributed by atoms with Crippen molar-refractivity contribution in [2.45, 2.75) is 18.4 Å². The van der Waals surface area contributed by atoms with Gasteiger partial charge in [0.25, 0.3) is 0 Å². The number of ether oxygens (including phenoxy) is 1. The molecule has 2 fully saturated rings. The van der Waals surface area contributed by atoms with Crippen LogP contribution in [0, 0.1) is 0 Å². The average Bonchev–Trinajstić information content (AvgIpc) is 3.30. The number of nitrogen functional groups attached to an aromatic ring is 1. The molecule has 0 saturated carbocycles. The number of thiophene rings is 1. The van der Waals surface area contributed by atoms with Crippen molar-refractivity contribution in [2.24, 2.45) is 0 Å². The van der Waals surface area contributed by atoms with Crippen LogP contribution >= 0.6 is 11.3 Å². The van der Waals surface area contributed by atoms with Crippen molar-refractivity contribution in [3.63, 3.8) is 0 Å². The van der Waals surface area contributed by atoms with Crippen LogP contribution in [0.5, 0.6) is 0 Å². The number of aliphatic hydroxyl groups is 2. The van der Waals surface area contributed by atoms with Crippen LogP contribution in [0.2, 0.25) is 0 Å². The Balaban J connectivity index is 1.54. The molecule has 0 bridgehead atoms. The number of aliphatic hydroxyl groups excluding tert-OH is 1. The van der Waals surface area contributed by atoms with Gasteiger partial charge in [-0.05, 0) is 18.9 Å². The quantitative estimate of drug-likeness (QED) is 0.487. The van der Waals surface area contributed by atoms with Gasteiger partial charge in [0.15, 0.2) is 11.6 Å². The Bertz CT molecular complexity index is 1160. The highest BCUT2D eigenvalue weighted by molar-refractivity contribution is 7.19. The highest BCUT2D eigenvalue weighted by atomic mass is 32.1. The maximum Gasteiger partial charge on any atom is 0.248 e. The van der Waals surface area contributed by atoms with Gasteiger partial charge in [-0.15, -0.1) is 11.3 Å². The number of aromatic nitrogens is 4. The molecule has 33 heavy (non-hydrogen) atoms. The van der Waals surface area contributed by atoms with E-state index in [2.05, 4.69) is 14.9 Å². The molecule has 174 valence electrons. The molecular formula is C21H25N7O4S. The van der Waals surface area contributed by atoms with Crippen LogP contribution in [-0.2, 0) is 15.1 Å². The minimum Gasteiger partial charge on any atom is -0.387 e. The summed E-state index contributed by atoms with van der Waals surface area (Å²) in [7, 11) is 0. The maximum absolute atomic E-state index is 11.8. The molecule has 0 unspecified atom stereocenters. The van der Waals surface area contributed by atoms with Gasteiger partial charge in [-0.2, -0.15) is 0 Å². The molecule has 11 nitrogen and oxygen atoms in total. The van der Waals surface area contributed by atoms with E-state index in [1.54, 1.807) is 17.3 Å². The van der Waals surface area contributed by atoms with Crippen LogP contribution in [0.1, 0.15) is 17.7 Å². The minimum absolute atomic E-state index is 0.180. The molecule has 2 saturated heterocycles. The van der Waals surface area contributed by atoms with E-state index < -0.39 is 12.2 Å². The van der Waals surface area contributed by atoms with Gasteiger partial charge in [0.2, 0.25) is 11.9 Å². The predicted octanol–water partition coefficient (Wildman–Crippen LogP) is 0.369. The zero-order valence-electron chi connectivity index (χ0n) is 18.0. The lowest BCUT2D eigenvalue weighted by atomic mass is 9.90. The van der Waals surface area contributed by atoms with Crippen molar-refractivity contribution in [2.75, 3.05) is 56.6 Å². The van der Waals surface area contributed by atoms with E-state index in [0.717, 1.165) is 20.9 Å². The molecule has 0 aromatic carbocycles. The number of anilines is 2. The van der Waals surface area contributed by atoms with E-state index in [4.69, 9.17) is 25.5 Å². The van der Waals surface area contributed by atoms with Gasteiger partial charge in [-0.25, -0.2) is 19.9 Å². The standard InChI is InChI=1S/C21H25N7O4S/c22-20-23-10-13(11-24-20)18-25-14-9-15(21(31)1-3-27(4-2-21)16(30)12-29)33-17(14)19(26-18)28-5-7-32-8-6-28/h9-11,29,31H,1-8,12H2,(H2,22,23,24). The molecule has 2 aliphatic rings. The molecule has 0 spiro atoms. The third-order valence-corrected chi connectivity index (χ3v) is 7.45. The molecule has 2 aliphatic heterocycles. The number of carbonyl (C=O) groups is 1. The topological polar surface area (TPSA) is 151 Å². The van der Waals surface area contributed by atoms with Crippen LogP contribution < -0.4 is 10.6 Å². The van der Waals surface area contributed by atoms with E-state index in [1.165, 1.54) is 11.3 Å². The monoisotopic (exact) mass is 471 g/mol. The number of amides is 1. The summed E-state index contributed by atoms with van der Waals surface area (Å²) in [4.78, 5) is 34.1. The van der Waals surface area contributed by atoms with Gasteiger partial charge >= 0.3 is 0 Å². The van der Waals surface area contributed by atoms with Crippen LogP contribution in [0.15, 0.2) is 18.5 Å². The van der Waals surface area contributed by atoms with Gasteiger partial charge in [0, 0.05) is 43.4 Å². The molecule has 0 atom stereocenters. The van der Waals surface area contributed by atoms with Gasteiger partial charge < -0.3 is 30.5 Å². The summed E-state index contributed by atoms with van der Waals surface area (Å²) in [6, 6.07) is 1.91. The molecule has 3 aromatic heterocycles. The Morgan fingerprint density at radius 2 is 1.85 bits per heavy atom. The normalized spacial score (nSPS) is 18.6. The first-order chi connectivity index (χ1) is 16.0. The van der Waals surface area contributed by atoms with E-state index >= 15 is 0 Å². The van der Waals surface area contributed by atoms with Gasteiger partial charge in [0.1, 0.15) is 12.2 Å². The second-order valence-electron chi connectivity index (χ2n) is 8.20. The summed E-state index contributed by atoms with van der Waals surface area (Å²) in [5, 5.41) is 20.6. The second kappa shape index (κ2) is 8.78. The van der Waals surface area contributed by atoms with Crippen LogP contribution in [0.25, 0.3) is 21.6 Å². The van der Waals surface area contributed by atoms with E-state index in [1.807, 2.05) is 6.07 Å². The van der Waals surface area contributed by atoms with Crippen molar-refractivity contribution in [1.82, 2.24) is 24.8 Å². The first kappa shape index (κ1) is 21.9. The number of piperidine rings is 1. The van der Waals surface area contributed by atoms with Crippen molar-refractivity contribution in [1.29, 1.82) is 0 Å². The molecule has 0 aliphatic carbocycles. The van der Waals surface area contributed by atoms with Crippen molar-refractivity contribution >= 4 is 39.2 Å². The zero-order valence-corrected chi connectivity index (χ0v) is 18.8. The number of likely N-dealkylation sites (tertiary alicyclic amines) is 1. The van der Waals surface area contributed by atoms with E-state index in [-0.39, 0.29) is 11.9 Å². The van der Waals surface area contributed by atoms with E-state index in [9.17, 15) is 9.90 Å². The number of morpholine rings is 1. The zero-order chi connectivity index (χ0) is 23.0. The van der Waals surface area contributed by atoms with Crippen LogP contribution in [-0.4, -0.2) is 87.0 Å². The smallest absolute Gasteiger partial charge is 0.248 e. The first-order valence-corrected chi connectivity index (χ1v) is 11.6. The highest BCUT2D eigenvalue weighted by Crippen LogP contribution is 2.42. The largest absolute Gasteiger partial charge is 0.387 e. The van der Waals surface area contributed by atoms with Crippen molar-refractivity contribution in [3.05, 3.63) is 23.3 Å². The number of rotatable bonds is 4. The molecule has 5 heterocycles. The summed E-state index contributed by atoms with van der Waals surface area (Å²) in [5.41, 5.74) is 5.96. The molecule has 1 amide bonds. The van der Waals surface area contributed by atoms with Gasteiger partial charge in [0.05, 0.1) is 29.0 Å². The molecule has 5 rings (SSSR count). The molecular weight excluding hydrogens is 446 g/mol. The fraction of sp³-hybridized carbons (Fsp3) is 0.476. The lowest BCUT2D eigenvalue weighted by molar-refractivity contribution is -0.138. The first-order valence-electron chi connectivity index (χ1n) is 10.8. The van der Waals surface area contributed by atoms with E-state index in [0.29, 0.717) is 63.6 Å². The Kier molecular flexibility index (Phi) is 5.83. The predicted molar refractivity (Wildman–Crippen MR) is 123 cm³/mol. The number of fused-ring (bicyclic) bond motifs is 1. The Morgan fingerprint density at radius 3 is 2.52 bits per heavy atom.